The third-order valence-electron chi connectivity index (χ3n) is 2.83. The Hall–Kier alpha value is -1.10. The van der Waals surface area contributed by atoms with E-state index in [0.717, 1.165) is 25.5 Å². The van der Waals surface area contributed by atoms with Crippen molar-refractivity contribution >= 4 is 0 Å². The van der Waals surface area contributed by atoms with Crippen LogP contribution in [0, 0.1) is 5.82 Å². The van der Waals surface area contributed by atoms with Gasteiger partial charge in [0, 0.05) is 5.54 Å². The van der Waals surface area contributed by atoms with Crippen molar-refractivity contribution in [1.29, 1.82) is 0 Å². The van der Waals surface area contributed by atoms with Crippen LogP contribution >= 0.6 is 0 Å². The summed E-state index contributed by atoms with van der Waals surface area (Å²) in [6.45, 7) is 6.95. The van der Waals surface area contributed by atoms with E-state index in [1.165, 1.54) is 6.07 Å². The second-order valence-electron chi connectivity index (χ2n) is 5.98. The van der Waals surface area contributed by atoms with Crippen LogP contribution in [0.4, 0.5) is 17.6 Å². The van der Waals surface area contributed by atoms with Crippen molar-refractivity contribution in [3.63, 3.8) is 0 Å². The quantitative estimate of drug-likeness (QED) is 0.619. The van der Waals surface area contributed by atoms with Gasteiger partial charge in [0.2, 0.25) is 0 Å². The Morgan fingerprint density at radius 2 is 1.65 bits per heavy atom. The van der Waals surface area contributed by atoms with Gasteiger partial charge in [-0.3, -0.25) is 0 Å². The molecule has 5 heteroatoms. The highest BCUT2D eigenvalue weighted by atomic mass is 19.4. The average Bonchev–Trinajstić information content (AvgIpc) is 2.25. The molecule has 0 amide bonds. The predicted octanol–water partition coefficient (Wildman–Crippen LogP) is 4.56. The summed E-state index contributed by atoms with van der Waals surface area (Å²) in [6, 6.07) is 2.73. The Kier molecular flexibility index (Phi) is 5.57. The van der Waals surface area contributed by atoms with Crippen molar-refractivity contribution in [1.82, 2.24) is 5.32 Å². The van der Waals surface area contributed by atoms with Crippen LogP contribution in [0.15, 0.2) is 18.2 Å². The van der Waals surface area contributed by atoms with Gasteiger partial charge in [-0.2, -0.15) is 13.2 Å². The average molecular weight is 291 g/mol. The largest absolute Gasteiger partial charge is 0.416 e. The van der Waals surface area contributed by atoms with Crippen molar-refractivity contribution in [3.05, 3.63) is 35.1 Å². The van der Waals surface area contributed by atoms with Gasteiger partial charge in [-0.25, -0.2) is 4.39 Å². The minimum absolute atomic E-state index is 0.0301. The maximum Gasteiger partial charge on any atom is 0.416 e. The minimum atomic E-state index is -4.50. The Morgan fingerprint density at radius 1 is 1.00 bits per heavy atom. The molecule has 0 aromatic heterocycles. The van der Waals surface area contributed by atoms with Crippen LogP contribution in [-0.2, 0) is 12.6 Å². The standard InChI is InChI=1S/C15H21F4N/c1-14(2,3)20-7-5-4-6-11-8-12(15(17,18)19)10-13(16)9-11/h8-10,20H,4-7H2,1-3H3. The van der Waals surface area contributed by atoms with Crippen molar-refractivity contribution < 1.29 is 17.6 Å². The van der Waals surface area contributed by atoms with Gasteiger partial charge in [-0.1, -0.05) is 0 Å². The highest BCUT2D eigenvalue weighted by Crippen LogP contribution is 2.30. The first-order valence-electron chi connectivity index (χ1n) is 6.70. The predicted molar refractivity (Wildman–Crippen MR) is 72.1 cm³/mol. The van der Waals surface area contributed by atoms with Gasteiger partial charge in [0.15, 0.2) is 0 Å². The molecule has 0 aliphatic heterocycles. The fraction of sp³-hybridized carbons (Fsp3) is 0.600. The molecule has 114 valence electrons. The fourth-order valence-corrected chi connectivity index (χ4v) is 1.88. The first-order chi connectivity index (χ1) is 9.08. The first-order valence-corrected chi connectivity index (χ1v) is 6.70. The summed E-state index contributed by atoms with van der Waals surface area (Å²) in [7, 11) is 0. The van der Waals surface area contributed by atoms with Gasteiger partial charge in [0.1, 0.15) is 5.82 Å². The highest BCUT2D eigenvalue weighted by molar-refractivity contribution is 5.26. The molecular weight excluding hydrogens is 270 g/mol. The first kappa shape index (κ1) is 17.0. The lowest BCUT2D eigenvalue weighted by Crippen LogP contribution is -2.36. The van der Waals surface area contributed by atoms with Crippen molar-refractivity contribution in [3.8, 4) is 0 Å². The molecule has 0 bridgehead atoms. The molecule has 0 atom stereocenters. The summed E-state index contributed by atoms with van der Waals surface area (Å²) in [5, 5.41) is 3.30. The third-order valence-corrected chi connectivity index (χ3v) is 2.83. The van der Waals surface area contributed by atoms with Crippen LogP contribution in [0.2, 0.25) is 0 Å². The Morgan fingerprint density at radius 3 is 2.20 bits per heavy atom. The molecule has 1 rings (SSSR count). The monoisotopic (exact) mass is 291 g/mol. The molecule has 1 N–H and O–H groups in total. The zero-order chi connectivity index (χ0) is 15.4. The molecule has 0 fully saturated rings. The second-order valence-corrected chi connectivity index (χ2v) is 5.98. The van der Waals surface area contributed by atoms with Gasteiger partial charge < -0.3 is 5.32 Å². The van der Waals surface area contributed by atoms with Crippen LogP contribution < -0.4 is 5.32 Å². The van der Waals surface area contributed by atoms with Crippen molar-refractivity contribution in [2.75, 3.05) is 6.54 Å². The number of alkyl halides is 3. The number of unbranched alkanes of at least 4 members (excludes halogenated alkanes) is 1. The maximum atomic E-state index is 13.2. The van der Waals surface area contributed by atoms with E-state index in [1.807, 2.05) is 0 Å². The SMILES string of the molecule is CC(C)(C)NCCCCc1cc(F)cc(C(F)(F)F)c1. The topological polar surface area (TPSA) is 12.0 Å². The molecule has 0 heterocycles. The Balaban J connectivity index is 2.50. The molecular formula is C15H21F4N. The number of aryl methyl sites for hydroxylation is 1. The summed E-state index contributed by atoms with van der Waals surface area (Å²) in [5.41, 5.74) is -0.490. The van der Waals surface area contributed by atoms with E-state index in [2.05, 4.69) is 26.1 Å². The van der Waals surface area contributed by atoms with E-state index in [0.29, 0.717) is 18.1 Å². The van der Waals surface area contributed by atoms with E-state index in [-0.39, 0.29) is 5.54 Å². The molecule has 0 radical (unpaired) electrons. The Bertz CT molecular complexity index is 432. The summed E-state index contributed by atoms with van der Waals surface area (Å²) in [5.74, 6) is -0.831. The zero-order valence-electron chi connectivity index (χ0n) is 12.1. The van der Waals surface area contributed by atoms with Gasteiger partial charge in [-0.05, 0) is 70.3 Å². The number of nitrogens with one attached hydrogen (secondary N) is 1. The van der Waals surface area contributed by atoms with E-state index in [4.69, 9.17) is 0 Å². The maximum absolute atomic E-state index is 13.2. The number of hydrogen-bond donors (Lipinski definition) is 1. The smallest absolute Gasteiger partial charge is 0.312 e. The van der Waals surface area contributed by atoms with Crippen LogP contribution in [0.1, 0.15) is 44.7 Å². The van der Waals surface area contributed by atoms with Gasteiger partial charge >= 0.3 is 6.18 Å². The van der Waals surface area contributed by atoms with Gasteiger partial charge in [-0.15, -0.1) is 0 Å². The van der Waals surface area contributed by atoms with Crippen LogP contribution in [0.3, 0.4) is 0 Å². The lowest BCUT2D eigenvalue weighted by atomic mass is 10.0. The number of benzene rings is 1. The molecule has 0 saturated carbocycles. The van der Waals surface area contributed by atoms with Crippen LogP contribution in [-0.4, -0.2) is 12.1 Å². The molecule has 1 aromatic rings. The highest BCUT2D eigenvalue weighted by Gasteiger charge is 2.31. The lowest BCUT2D eigenvalue weighted by molar-refractivity contribution is -0.137. The molecule has 0 unspecified atom stereocenters. The van der Waals surface area contributed by atoms with E-state index in [1.54, 1.807) is 0 Å². The second kappa shape index (κ2) is 6.57. The number of hydrogen-bond acceptors (Lipinski definition) is 1. The van der Waals surface area contributed by atoms with Crippen molar-refractivity contribution in [2.45, 2.75) is 51.7 Å². The lowest BCUT2D eigenvalue weighted by Gasteiger charge is -2.20. The summed E-state index contributed by atoms with van der Waals surface area (Å²) in [6.07, 6.45) is -2.48. The number of halogens is 4. The molecule has 20 heavy (non-hydrogen) atoms. The molecule has 0 aliphatic rings. The fourth-order valence-electron chi connectivity index (χ4n) is 1.88. The van der Waals surface area contributed by atoms with Crippen LogP contribution in [0.5, 0.6) is 0 Å². The van der Waals surface area contributed by atoms with Crippen molar-refractivity contribution in [2.24, 2.45) is 0 Å². The van der Waals surface area contributed by atoms with Gasteiger partial charge in [0.05, 0.1) is 5.56 Å². The Labute approximate surface area is 117 Å². The summed E-state index contributed by atoms with van der Waals surface area (Å²) in [4.78, 5) is 0. The van der Waals surface area contributed by atoms with Crippen LogP contribution in [0.25, 0.3) is 0 Å². The summed E-state index contributed by atoms with van der Waals surface area (Å²) < 4.78 is 50.8. The summed E-state index contributed by atoms with van der Waals surface area (Å²) >= 11 is 0. The third kappa shape index (κ3) is 6.37. The molecule has 0 aliphatic carbocycles. The van der Waals surface area contributed by atoms with Gasteiger partial charge in [0.25, 0.3) is 0 Å². The normalized spacial score (nSPS) is 12.8. The molecule has 1 aromatic carbocycles. The van der Waals surface area contributed by atoms with E-state index in [9.17, 15) is 17.6 Å². The molecule has 1 nitrogen and oxygen atoms in total. The van der Waals surface area contributed by atoms with E-state index >= 15 is 0 Å². The zero-order valence-corrected chi connectivity index (χ0v) is 12.1. The van der Waals surface area contributed by atoms with E-state index < -0.39 is 17.6 Å². The minimum Gasteiger partial charge on any atom is -0.312 e. The molecule has 0 spiro atoms. The molecule has 0 saturated heterocycles. The number of rotatable bonds is 5.